The number of nitrogens with two attached hydrogens (primary N) is 1. The molecule has 0 bridgehead atoms. The van der Waals surface area contributed by atoms with Crippen molar-refractivity contribution in [1.82, 2.24) is 15.6 Å². The van der Waals surface area contributed by atoms with Gasteiger partial charge in [0.1, 0.15) is 18.5 Å². The Kier molecular flexibility index (Phi) is 10.3. The number of hydrogen-bond donors (Lipinski definition) is 4. The van der Waals surface area contributed by atoms with E-state index >= 15 is 0 Å². The van der Waals surface area contributed by atoms with Crippen LogP contribution in [0.3, 0.4) is 0 Å². The molecule has 42 heavy (non-hydrogen) atoms. The summed E-state index contributed by atoms with van der Waals surface area (Å²) in [6.07, 6.45) is -0.778. The molecule has 0 aliphatic carbocycles. The first kappa shape index (κ1) is 30.7. The van der Waals surface area contributed by atoms with Crippen molar-refractivity contribution in [1.29, 1.82) is 0 Å². The Morgan fingerprint density at radius 2 is 1.98 bits per heavy atom. The van der Waals surface area contributed by atoms with Gasteiger partial charge in [0, 0.05) is 12.1 Å². The van der Waals surface area contributed by atoms with Gasteiger partial charge in [-0.3, -0.25) is 15.1 Å². The number of ether oxygens (including phenoxy) is 2. The average molecular weight is 588 g/mol. The van der Waals surface area contributed by atoms with Crippen molar-refractivity contribution < 1.29 is 36.6 Å². The summed E-state index contributed by atoms with van der Waals surface area (Å²) >= 11 is 0. The van der Waals surface area contributed by atoms with Crippen molar-refractivity contribution in [3.63, 3.8) is 0 Å². The second-order valence-corrected chi connectivity index (χ2v) is 9.65. The molecule has 0 spiro atoms. The van der Waals surface area contributed by atoms with Crippen molar-refractivity contribution in [3.8, 4) is 12.0 Å². The molecule has 1 aliphatic heterocycles. The number of nitrogens with one attached hydrogen (secondary N) is 3. The number of carbonyl (C=O) groups excluding carboxylic acids is 2. The lowest BCUT2D eigenvalue weighted by molar-refractivity contribution is -0.123. The molecule has 3 atom stereocenters. The summed E-state index contributed by atoms with van der Waals surface area (Å²) in [6, 6.07) is 12.2. The molecule has 4 rings (SSSR count). The number of alkyl halides is 3. The molecule has 2 heterocycles. The van der Waals surface area contributed by atoms with Crippen molar-refractivity contribution in [2.24, 2.45) is 5.73 Å². The van der Waals surface area contributed by atoms with E-state index in [0.717, 1.165) is 22.5 Å². The van der Waals surface area contributed by atoms with E-state index in [4.69, 9.17) is 10.5 Å². The van der Waals surface area contributed by atoms with Crippen LogP contribution in [0.2, 0.25) is 0 Å². The molecule has 9 nitrogen and oxygen atoms in total. The number of hydrogen-bond acceptors (Lipinski definition) is 7. The minimum absolute atomic E-state index is 0.108. The van der Waals surface area contributed by atoms with Crippen LogP contribution in [0.5, 0.6) is 0 Å². The molecule has 3 aromatic rings. The number of morpholine rings is 1. The van der Waals surface area contributed by atoms with E-state index in [1.807, 2.05) is 42.5 Å². The Hall–Kier alpha value is -4.25. The van der Waals surface area contributed by atoms with Gasteiger partial charge >= 0.3 is 12.3 Å². The summed E-state index contributed by atoms with van der Waals surface area (Å²) in [5, 5.41) is 9.36. The van der Waals surface area contributed by atoms with E-state index in [1.165, 1.54) is 11.5 Å². The van der Waals surface area contributed by atoms with Crippen LogP contribution in [-0.2, 0) is 27.1 Å². The maximum absolute atomic E-state index is 14.7. The molecule has 222 valence electrons. The van der Waals surface area contributed by atoms with E-state index < -0.39 is 42.6 Å². The molecule has 5 N–H and O–H groups in total. The SMILES string of the molecule is NC(Cc1cccc2ccccc12)C(=O)Nc1cncc(F)c1CCC1CNC(C#COC(=O)NCC(F)(F)F)CO1. The molecule has 1 saturated heterocycles. The van der Waals surface area contributed by atoms with E-state index in [1.54, 1.807) is 0 Å². The van der Waals surface area contributed by atoms with Gasteiger partial charge in [-0.25, -0.2) is 9.18 Å². The second-order valence-electron chi connectivity index (χ2n) is 9.65. The van der Waals surface area contributed by atoms with Crippen LogP contribution in [0.15, 0.2) is 54.9 Å². The second kappa shape index (κ2) is 14.1. The van der Waals surface area contributed by atoms with Crippen molar-refractivity contribution in [3.05, 3.63) is 71.8 Å². The molecule has 1 aliphatic rings. The zero-order valence-electron chi connectivity index (χ0n) is 22.3. The number of nitrogens with zero attached hydrogens (tertiary/aromatic N) is 1. The number of rotatable bonds is 8. The third-order valence-electron chi connectivity index (χ3n) is 6.54. The first-order valence-electron chi connectivity index (χ1n) is 13.1. The van der Waals surface area contributed by atoms with Crippen molar-refractivity contribution in [2.75, 3.05) is 25.0 Å². The number of anilines is 1. The standard InChI is InChI=1S/C29H29F4N5O4/c30-24-14-35-15-26(38-27(39)25(34)12-19-6-3-5-18-4-1-2-7-22(18)19)23(24)9-8-21-13-36-20(16-42-21)10-11-41-28(40)37-17-29(31,32)33/h1-7,14-15,20-21,25,36H,8-9,12-13,16-17,34H2,(H,37,40)(H,38,39). The lowest BCUT2D eigenvalue weighted by Gasteiger charge is -2.27. The van der Waals surface area contributed by atoms with Gasteiger partial charge in [0.2, 0.25) is 5.91 Å². The van der Waals surface area contributed by atoms with E-state index in [0.29, 0.717) is 19.4 Å². The highest BCUT2D eigenvalue weighted by Crippen LogP contribution is 2.23. The summed E-state index contributed by atoms with van der Waals surface area (Å²) in [7, 11) is 0. The van der Waals surface area contributed by atoms with Crippen molar-refractivity contribution >= 4 is 28.5 Å². The van der Waals surface area contributed by atoms with Gasteiger partial charge in [0.25, 0.3) is 0 Å². The molecule has 1 fully saturated rings. The van der Waals surface area contributed by atoms with Crippen LogP contribution >= 0.6 is 0 Å². The van der Waals surface area contributed by atoms with Crippen LogP contribution in [-0.4, -0.2) is 61.0 Å². The van der Waals surface area contributed by atoms with Gasteiger partial charge in [-0.2, -0.15) is 13.2 Å². The maximum atomic E-state index is 14.7. The monoisotopic (exact) mass is 587 g/mol. The van der Waals surface area contributed by atoms with Gasteiger partial charge in [-0.15, -0.1) is 0 Å². The van der Waals surface area contributed by atoms with Gasteiger partial charge < -0.3 is 25.8 Å². The molecular weight excluding hydrogens is 558 g/mol. The smallest absolute Gasteiger partial charge is 0.374 e. The van der Waals surface area contributed by atoms with Crippen molar-refractivity contribution in [2.45, 2.75) is 43.6 Å². The van der Waals surface area contributed by atoms with Crippen LogP contribution in [0.4, 0.5) is 28.0 Å². The first-order valence-corrected chi connectivity index (χ1v) is 13.1. The Balaban J connectivity index is 1.27. The minimum atomic E-state index is -4.56. The average Bonchev–Trinajstić information content (AvgIpc) is 2.96. The maximum Gasteiger partial charge on any atom is 0.421 e. The molecule has 1 aromatic heterocycles. The van der Waals surface area contributed by atoms with E-state index in [9.17, 15) is 27.2 Å². The number of fused-ring (bicyclic) bond motifs is 1. The molecule has 0 radical (unpaired) electrons. The molecule has 2 amide bonds. The lowest BCUT2D eigenvalue weighted by atomic mass is 9.98. The number of carbonyl (C=O) groups is 2. The van der Waals surface area contributed by atoms with Gasteiger partial charge in [0.05, 0.1) is 42.9 Å². The summed E-state index contributed by atoms with van der Waals surface area (Å²) in [4.78, 5) is 28.1. The Bertz CT molecular complexity index is 1460. The number of pyridine rings is 1. The fourth-order valence-electron chi connectivity index (χ4n) is 4.41. The van der Waals surface area contributed by atoms with Crippen LogP contribution in [0.1, 0.15) is 17.5 Å². The predicted octanol–water partition coefficient (Wildman–Crippen LogP) is 3.42. The molecule has 2 aromatic carbocycles. The first-order chi connectivity index (χ1) is 20.1. The van der Waals surface area contributed by atoms with Gasteiger partial charge in [0.15, 0.2) is 0 Å². The fourth-order valence-corrected chi connectivity index (χ4v) is 4.41. The van der Waals surface area contributed by atoms with Crippen LogP contribution in [0.25, 0.3) is 10.8 Å². The van der Waals surface area contributed by atoms with Gasteiger partial charge in [-0.05, 0) is 41.5 Å². The normalized spacial score (nSPS) is 17.5. The molecule has 13 heteroatoms. The number of benzene rings is 2. The Morgan fingerprint density at radius 1 is 1.19 bits per heavy atom. The van der Waals surface area contributed by atoms with E-state index in [2.05, 4.69) is 32.4 Å². The highest BCUT2D eigenvalue weighted by molar-refractivity contribution is 5.96. The highest BCUT2D eigenvalue weighted by Gasteiger charge is 2.28. The number of halogens is 4. The topological polar surface area (TPSA) is 128 Å². The molecule has 0 saturated carbocycles. The fraction of sp³-hybridized carbons (Fsp3) is 0.345. The largest absolute Gasteiger partial charge is 0.421 e. The van der Waals surface area contributed by atoms with Gasteiger partial charge in [-0.1, -0.05) is 42.5 Å². The highest BCUT2D eigenvalue weighted by atomic mass is 19.4. The van der Waals surface area contributed by atoms with Crippen LogP contribution in [0, 0.1) is 17.8 Å². The zero-order chi connectivity index (χ0) is 30.1. The summed E-state index contributed by atoms with van der Waals surface area (Å²) in [6.45, 7) is -1.08. The minimum Gasteiger partial charge on any atom is -0.374 e. The summed E-state index contributed by atoms with van der Waals surface area (Å²) in [5.74, 6) is 1.49. The summed E-state index contributed by atoms with van der Waals surface area (Å²) < 4.78 is 61.2. The number of aromatic nitrogens is 1. The predicted molar refractivity (Wildman–Crippen MR) is 147 cm³/mol. The third-order valence-corrected chi connectivity index (χ3v) is 6.54. The quantitative estimate of drug-likeness (QED) is 0.235. The number of alkyl carbamates (subject to hydrolysis) is 1. The Labute approximate surface area is 239 Å². The number of amides is 2. The molecule has 3 unspecified atom stereocenters. The third kappa shape index (κ3) is 8.87. The zero-order valence-corrected chi connectivity index (χ0v) is 22.3. The van der Waals surface area contributed by atoms with E-state index in [-0.39, 0.29) is 30.4 Å². The Morgan fingerprint density at radius 3 is 2.74 bits per heavy atom. The molecular formula is C29H29F4N5O4. The van der Waals surface area contributed by atoms with Crippen LogP contribution < -0.4 is 21.7 Å². The summed E-state index contributed by atoms with van der Waals surface area (Å²) in [5.41, 5.74) is 7.63. The lowest BCUT2D eigenvalue weighted by Crippen LogP contribution is -2.45.